The van der Waals surface area contributed by atoms with E-state index < -0.39 is 12.2 Å². The van der Waals surface area contributed by atoms with Gasteiger partial charge in [0.25, 0.3) is 5.91 Å². The lowest BCUT2D eigenvalue weighted by Gasteiger charge is -2.19. The first-order chi connectivity index (χ1) is 8.41. The molecular weight excluding hydrogens is 230 g/mol. The van der Waals surface area contributed by atoms with Gasteiger partial charge in [0.2, 0.25) is 0 Å². The number of ether oxygens (including phenoxy) is 1. The second-order valence-corrected chi connectivity index (χ2v) is 4.64. The van der Waals surface area contributed by atoms with E-state index in [0.29, 0.717) is 11.3 Å². The molecule has 0 saturated carbocycles. The van der Waals surface area contributed by atoms with E-state index >= 15 is 0 Å². The van der Waals surface area contributed by atoms with E-state index in [1.165, 1.54) is 0 Å². The van der Waals surface area contributed by atoms with Crippen LogP contribution in [0.1, 0.15) is 39.4 Å². The third kappa shape index (κ3) is 4.04. The molecule has 0 fully saturated rings. The molecule has 2 atom stereocenters. The Kier molecular flexibility index (Phi) is 5.16. The fourth-order valence-electron chi connectivity index (χ4n) is 1.58. The highest BCUT2D eigenvalue weighted by Crippen LogP contribution is 2.25. The van der Waals surface area contributed by atoms with Crippen molar-refractivity contribution >= 4 is 5.91 Å². The predicted molar refractivity (Wildman–Crippen MR) is 70.4 cm³/mol. The number of aliphatic hydroxyl groups excluding tert-OH is 1. The summed E-state index contributed by atoms with van der Waals surface area (Å²) in [4.78, 5) is 11.7. The molecule has 0 spiro atoms. The summed E-state index contributed by atoms with van der Waals surface area (Å²) < 4.78 is 5.60. The van der Waals surface area contributed by atoms with Crippen molar-refractivity contribution in [1.29, 1.82) is 0 Å². The summed E-state index contributed by atoms with van der Waals surface area (Å²) in [6, 6.07) is 7.26. The van der Waals surface area contributed by atoms with Crippen molar-refractivity contribution in [1.82, 2.24) is 5.32 Å². The Bertz CT molecular complexity index is 402. The smallest absolute Gasteiger partial charge is 0.260 e. The van der Waals surface area contributed by atoms with Crippen LogP contribution in [0, 0.1) is 0 Å². The molecule has 0 aliphatic rings. The van der Waals surface area contributed by atoms with E-state index in [2.05, 4.69) is 5.32 Å². The molecular formula is C14H21NO3. The van der Waals surface area contributed by atoms with Gasteiger partial charge in [0.05, 0.1) is 6.10 Å². The number of carbonyl (C=O) groups is 1. The van der Waals surface area contributed by atoms with E-state index in [9.17, 15) is 9.90 Å². The molecule has 1 aromatic rings. The van der Waals surface area contributed by atoms with Crippen molar-refractivity contribution in [2.75, 3.05) is 0 Å². The SMILES string of the molecule is CC(C)NC(=O)C(C)Oc1ccccc1C(C)O. The number of aliphatic hydroxyl groups is 1. The molecule has 18 heavy (non-hydrogen) atoms. The Morgan fingerprint density at radius 3 is 2.39 bits per heavy atom. The van der Waals surface area contributed by atoms with Crippen LogP contribution in [0.3, 0.4) is 0 Å². The molecule has 4 nitrogen and oxygen atoms in total. The fraction of sp³-hybridized carbons (Fsp3) is 0.500. The molecule has 0 aliphatic heterocycles. The molecule has 100 valence electrons. The minimum Gasteiger partial charge on any atom is -0.481 e. The van der Waals surface area contributed by atoms with Crippen LogP contribution in [-0.2, 0) is 4.79 Å². The van der Waals surface area contributed by atoms with Gasteiger partial charge in [-0.15, -0.1) is 0 Å². The van der Waals surface area contributed by atoms with Gasteiger partial charge < -0.3 is 15.2 Å². The molecule has 2 N–H and O–H groups in total. The number of rotatable bonds is 5. The second kappa shape index (κ2) is 6.40. The fourth-order valence-corrected chi connectivity index (χ4v) is 1.58. The molecule has 0 aromatic heterocycles. The Morgan fingerprint density at radius 2 is 1.83 bits per heavy atom. The number of benzene rings is 1. The summed E-state index contributed by atoms with van der Waals surface area (Å²) in [7, 11) is 0. The summed E-state index contributed by atoms with van der Waals surface area (Å²) in [6.45, 7) is 7.15. The van der Waals surface area contributed by atoms with Gasteiger partial charge in [-0.1, -0.05) is 18.2 Å². The van der Waals surface area contributed by atoms with Crippen molar-refractivity contribution in [3.63, 3.8) is 0 Å². The van der Waals surface area contributed by atoms with Gasteiger partial charge in [0, 0.05) is 11.6 Å². The summed E-state index contributed by atoms with van der Waals surface area (Å²) in [5.41, 5.74) is 0.682. The van der Waals surface area contributed by atoms with Gasteiger partial charge in [-0.25, -0.2) is 0 Å². The van der Waals surface area contributed by atoms with Crippen molar-refractivity contribution in [3.8, 4) is 5.75 Å². The maximum Gasteiger partial charge on any atom is 0.260 e. The zero-order chi connectivity index (χ0) is 13.7. The Labute approximate surface area is 108 Å². The van der Waals surface area contributed by atoms with Crippen LogP contribution in [0.4, 0.5) is 0 Å². The second-order valence-electron chi connectivity index (χ2n) is 4.64. The van der Waals surface area contributed by atoms with Crippen LogP contribution in [0.15, 0.2) is 24.3 Å². The highest BCUT2D eigenvalue weighted by atomic mass is 16.5. The molecule has 1 aromatic carbocycles. The summed E-state index contributed by atoms with van der Waals surface area (Å²) >= 11 is 0. The van der Waals surface area contributed by atoms with Crippen molar-refractivity contribution in [2.24, 2.45) is 0 Å². The first-order valence-corrected chi connectivity index (χ1v) is 6.15. The van der Waals surface area contributed by atoms with Crippen molar-refractivity contribution in [3.05, 3.63) is 29.8 Å². The lowest BCUT2D eigenvalue weighted by Crippen LogP contribution is -2.40. The average molecular weight is 251 g/mol. The van der Waals surface area contributed by atoms with Crippen LogP contribution in [0.2, 0.25) is 0 Å². The Morgan fingerprint density at radius 1 is 1.22 bits per heavy atom. The van der Waals surface area contributed by atoms with Crippen molar-refractivity contribution in [2.45, 2.75) is 45.9 Å². The van der Waals surface area contributed by atoms with Crippen LogP contribution < -0.4 is 10.1 Å². The number of hydrogen-bond acceptors (Lipinski definition) is 3. The Hall–Kier alpha value is -1.55. The first-order valence-electron chi connectivity index (χ1n) is 6.15. The molecule has 1 rings (SSSR count). The van der Waals surface area contributed by atoms with Crippen molar-refractivity contribution < 1.29 is 14.6 Å². The van der Waals surface area contributed by atoms with Gasteiger partial charge in [0.1, 0.15) is 5.75 Å². The molecule has 0 heterocycles. The van der Waals surface area contributed by atoms with E-state index in [1.807, 2.05) is 26.0 Å². The molecule has 0 saturated heterocycles. The van der Waals surface area contributed by atoms with Gasteiger partial charge in [-0.3, -0.25) is 4.79 Å². The monoisotopic (exact) mass is 251 g/mol. The van der Waals surface area contributed by atoms with Gasteiger partial charge >= 0.3 is 0 Å². The standard InChI is InChI=1S/C14H21NO3/c1-9(2)15-14(17)11(4)18-13-8-6-5-7-12(13)10(3)16/h5-11,16H,1-4H3,(H,15,17). The summed E-state index contributed by atoms with van der Waals surface area (Å²) in [6.07, 6.45) is -1.21. The predicted octanol–water partition coefficient (Wildman–Crippen LogP) is 2.03. The minimum atomic E-state index is -0.624. The maximum absolute atomic E-state index is 11.7. The lowest BCUT2D eigenvalue weighted by molar-refractivity contribution is -0.127. The number of hydrogen-bond donors (Lipinski definition) is 2. The zero-order valence-electron chi connectivity index (χ0n) is 11.3. The summed E-state index contributed by atoms with van der Waals surface area (Å²) in [5, 5.41) is 12.4. The molecule has 0 bridgehead atoms. The van der Waals surface area contributed by atoms with Gasteiger partial charge in [0.15, 0.2) is 6.10 Å². The quantitative estimate of drug-likeness (QED) is 0.842. The van der Waals surface area contributed by atoms with Crippen LogP contribution in [0.25, 0.3) is 0 Å². The van der Waals surface area contributed by atoms with Crippen LogP contribution in [0.5, 0.6) is 5.75 Å². The van der Waals surface area contributed by atoms with E-state index in [1.54, 1.807) is 26.0 Å². The normalized spacial score (nSPS) is 14.1. The first kappa shape index (κ1) is 14.5. The largest absolute Gasteiger partial charge is 0.481 e. The maximum atomic E-state index is 11.7. The number of para-hydroxylation sites is 1. The van der Waals surface area contributed by atoms with Gasteiger partial charge in [-0.05, 0) is 33.8 Å². The molecule has 0 radical (unpaired) electrons. The third-order valence-corrected chi connectivity index (χ3v) is 2.47. The average Bonchev–Trinajstić information content (AvgIpc) is 2.28. The Balaban J connectivity index is 2.75. The number of amides is 1. The highest BCUT2D eigenvalue weighted by molar-refractivity contribution is 5.80. The number of carbonyl (C=O) groups excluding carboxylic acids is 1. The molecule has 1 amide bonds. The number of nitrogens with one attached hydrogen (secondary N) is 1. The van der Waals surface area contributed by atoms with Crippen LogP contribution >= 0.6 is 0 Å². The zero-order valence-corrected chi connectivity index (χ0v) is 11.3. The summed E-state index contributed by atoms with van der Waals surface area (Å²) in [5.74, 6) is 0.379. The third-order valence-electron chi connectivity index (χ3n) is 2.47. The molecule has 4 heteroatoms. The highest BCUT2D eigenvalue weighted by Gasteiger charge is 2.17. The lowest BCUT2D eigenvalue weighted by atomic mass is 10.1. The van der Waals surface area contributed by atoms with E-state index in [0.717, 1.165) is 0 Å². The topological polar surface area (TPSA) is 58.6 Å². The molecule has 2 unspecified atom stereocenters. The van der Waals surface area contributed by atoms with Gasteiger partial charge in [-0.2, -0.15) is 0 Å². The minimum absolute atomic E-state index is 0.0792. The van der Waals surface area contributed by atoms with Crippen LogP contribution in [-0.4, -0.2) is 23.2 Å². The molecule has 0 aliphatic carbocycles. The van der Waals surface area contributed by atoms with E-state index in [4.69, 9.17) is 4.74 Å². The van der Waals surface area contributed by atoms with E-state index in [-0.39, 0.29) is 11.9 Å².